The molecule has 2 unspecified atom stereocenters. The summed E-state index contributed by atoms with van der Waals surface area (Å²) >= 11 is 5.39. The maximum atomic E-state index is 5.95. The summed E-state index contributed by atoms with van der Waals surface area (Å²) in [5, 5.41) is 5.53. The number of hydrogen-bond donors (Lipinski definition) is 1. The van der Waals surface area contributed by atoms with Gasteiger partial charge in [-0.15, -0.1) is 11.3 Å². The molecule has 0 radical (unpaired) electrons. The maximum Gasteiger partial charge on any atom is 0.0807 e. The second kappa shape index (κ2) is 6.88. The third-order valence-corrected chi connectivity index (χ3v) is 5.29. The van der Waals surface area contributed by atoms with Crippen LogP contribution in [0, 0.1) is 0 Å². The van der Waals surface area contributed by atoms with E-state index in [2.05, 4.69) is 53.5 Å². The highest BCUT2D eigenvalue weighted by Crippen LogP contribution is 2.29. The van der Waals surface area contributed by atoms with Gasteiger partial charge in [-0.2, -0.15) is 0 Å². The summed E-state index contributed by atoms with van der Waals surface area (Å²) in [4.78, 5) is 1.38. The molecule has 2 atom stereocenters. The van der Waals surface area contributed by atoms with Crippen molar-refractivity contribution in [3.05, 3.63) is 20.8 Å². The van der Waals surface area contributed by atoms with Gasteiger partial charge in [0.2, 0.25) is 0 Å². The van der Waals surface area contributed by atoms with E-state index in [4.69, 9.17) is 4.74 Å². The number of thiophene rings is 1. The fourth-order valence-corrected chi connectivity index (χ4v) is 3.62. The lowest BCUT2D eigenvalue weighted by molar-refractivity contribution is -0.0532. The molecule has 0 amide bonds. The van der Waals surface area contributed by atoms with Gasteiger partial charge in [-0.1, -0.05) is 6.92 Å². The van der Waals surface area contributed by atoms with Gasteiger partial charge < -0.3 is 10.1 Å². The van der Waals surface area contributed by atoms with Crippen molar-refractivity contribution in [2.45, 2.75) is 45.3 Å². The molecular weight excluding hydrogens is 298 g/mol. The van der Waals surface area contributed by atoms with Crippen LogP contribution in [0.15, 0.2) is 15.9 Å². The van der Waals surface area contributed by atoms with Crippen LogP contribution < -0.4 is 5.32 Å². The lowest BCUT2D eigenvalue weighted by atomic mass is 9.90. The number of hydrogen-bond acceptors (Lipinski definition) is 3. The molecule has 1 rings (SSSR count). The van der Waals surface area contributed by atoms with Crippen LogP contribution in [-0.4, -0.2) is 25.3 Å². The molecule has 0 aromatic carbocycles. The van der Waals surface area contributed by atoms with Crippen molar-refractivity contribution in [2.24, 2.45) is 0 Å². The smallest absolute Gasteiger partial charge is 0.0807 e. The van der Waals surface area contributed by atoms with E-state index in [-0.39, 0.29) is 5.60 Å². The molecule has 0 fully saturated rings. The Morgan fingerprint density at radius 2 is 2.24 bits per heavy atom. The minimum atomic E-state index is -0.104. The van der Waals surface area contributed by atoms with Crippen LogP contribution in [0.4, 0.5) is 0 Å². The largest absolute Gasteiger partial charge is 0.374 e. The quantitative estimate of drug-likeness (QED) is 0.824. The molecule has 0 aliphatic carbocycles. The van der Waals surface area contributed by atoms with Crippen molar-refractivity contribution in [2.75, 3.05) is 13.7 Å². The number of nitrogens with one attached hydrogen (secondary N) is 1. The Balaban J connectivity index is 2.80. The zero-order valence-corrected chi connectivity index (χ0v) is 13.5. The second-order valence-electron chi connectivity index (χ2n) is 4.34. The van der Waals surface area contributed by atoms with Gasteiger partial charge in [-0.3, -0.25) is 0 Å². The zero-order valence-electron chi connectivity index (χ0n) is 11.0. The normalized spacial score (nSPS) is 16.8. The predicted molar refractivity (Wildman–Crippen MR) is 78.9 cm³/mol. The fourth-order valence-electron chi connectivity index (χ4n) is 2.06. The van der Waals surface area contributed by atoms with Gasteiger partial charge in [0.05, 0.1) is 5.60 Å². The van der Waals surface area contributed by atoms with Crippen LogP contribution in [0.2, 0.25) is 0 Å². The van der Waals surface area contributed by atoms with Crippen LogP contribution in [0.3, 0.4) is 0 Å². The van der Waals surface area contributed by atoms with Gasteiger partial charge in [-0.25, -0.2) is 0 Å². The van der Waals surface area contributed by atoms with Gasteiger partial charge in [-0.05, 0) is 54.7 Å². The van der Waals surface area contributed by atoms with E-state index in [0.29, 0.717) is 6.04 Å². The molecule has 2 nitrogen and oxygen atoms in total. The average molecular weight is 320 g/mol. The van der Waals surface area contributed by atoms with E-state index in [1.807, 2.05) is 7.05 Å². The van der Waals surface area contributed by atoms with Gasteiger partial charge in [0, 0.05) is 28.4 Å². The first kappa shape index (κ1) is 15.2. The van der Waals surface area contributed by atoms with E-state index < -0.39 is 0 Å². The summed E-state index contributed by atoms with van der Waals surface area (Å²) in [7, 11) is 2.01. The molecule has 0 aliphatic rings. The predicted octanol–water partition coefficient (Wildman–Crippen LogP) is 3.85. The molecule has 1 N–H and O–H groups in total. The highest BCUT2D eigenvalue weighted by molar-refractivity contribution is 9.10. The molecule has 4 heteroatoms. The molecular formula is C13H22BrNOS. The van der Waals surface area contributed by atoms with Gasteiger partial charge >= 0.3 is 0 Å². The molecule has 98 valence electrons. The third kappa shape index (κ3) is 3.78. The van der Waals surface area contributed by atoms with E-state index in [9.17, 15) is 0 Å². The minimum Gasteiger partial charge on any atom is -0.374 e. The van der Waals surface area contributed by atoms with Crippen LogP contribution in [0.25, 0.3) is 0 Å². The number of halogens is 1. The SMILES string of the molecule is CCOC(C)(CC)C(Cc1sccc1Br)NC. The second-order valence-corrected chi connectivity index (χ2v) is 6.19. The molecule has 0 aliphatic heterocycles. The molecule has 0 saturated carbocycles. The van der Waals surface area contributed by atoms with Crippen molar-refractivity contribution in [3.8, 4) is 0 Å². The summed E-state index contributed by atoms with van der Waals surface area (Å²) in [6, 6.07) is 2.44. The first-order chi connectivity index (χ1) is 8.07. The molecule has 1 aromatic rings. The zero-order chi connectivity index (χ0) is 12.9. The minimum absolute atomic E-state index is 0.104. The lowest BCUT2D eigenvalue weighted by Crippen LogP contribution is -2.50. The topological polar surface area (TPSA) is 21.3 Å². The van der Waals surface area contributed by atoms with Gasteiger partial charge in [0.25, 0.3) is 0 Å². The Morgan fingerprint density at radius 3 is 2.65 bits per heavy atom. The molecule has 0 saturated heterocycles. The summed E-state index contributed by atoms with van der Waals surface area (Å²) < 4.78 is 7.15. The van der Waals surface area contributed by atoms with Crippen LogP contribution >= 0.6 is 27.3 Å². The van der Waals surface area contributed by atoms with Crippen molar-refractivity contribution in [1.29, 1.82) is 0 Å². The van der Waals surface area contributed by atoms with E-state index in [0.717, 1.165) is 19.4 Å². The van der Waals surface area contributed by atoms with Crippen LogP contribution in [0.5, 0.6) is 0 Å². The maximum absolute atomic E-state index is 5.95. The molecule has 0 bridgehead atoms. The summed E-state index contributed by atoms with van der Waals surface area (Å²) in [5.41, 5.74) is -0.104. The first-order valence-corrected chi connectivity index (χ1v) is 7.77. The van der Waals surface area contributed by atoms with Crippen LogP contribution in [-0.2, 0) is 11.2 Å². The fraction of sp³-hybridized carbons (Fsp3) is 0.692. The van der Waals surface area contributed by atoms with Crippen molar-refractivity contribution < 1.29 is 4.74 Å². The summed E-state index contributed by atoms with van der Waals surface area (Å²) in [6.45, 7) is 7.19. The van der Waals surface area contributed by atoms with Gasteiger partial charge in [0.1, 0.15) is 0 Å². The highest BCUT2D eigenvalue weighted by Gasteiger charge is 2.32. The third-order valence-electron chi connectivity index (χ3n) is 3.34. The standard InChI is InChI=1S/C13H22BrNOS/c1-5-13(3,16-6-2)12(15-4)9-11-10(14)7-8-17-11/h7-8,12,15H,5-6,9H2,1-4H3. The van der Waals surface area contributed by atoms with Crippen molar-refractivity contribution >= 4 is 27.3 Å². The Hall–Kier alpha value is 0.1000. The summed E-state index contributed by atoms with van der Waals surface area (Å²) in [6.07, 6.45) is 2.01. The lowest BCUT2D eigenvalue weighted by Gasteiger charge is -2.36. The number of ether oxygens (including phenoxy) is 1. The number of likely N-dealkylation sites (N-methyl/N-ethyl adjacent to an activating group) is 1. The van der Waals surface area contributed by atoms with Crippen molar-refractivity contribution in [1.82, 2.24) is 5.32 Å². The Kier molecular flexibility index (Phi) is 6.13. The Labute approximate surface area is 117 Å². The molecule has 1 heterocycles. The van der Waals surface area contributed by atoms with E-state index >= 15 is 0 Å². The number of rotatable bonds is 7. The van der Waals surface area contributed by atoms with Crippen molar-refractivity contribution in [3.63, 3.8) is 0 Å². The Morgan fingerprint density at radius 1 is 1.53 bits per heavy atom. The van der Waals surface area contributed by atoms with Crippen LogP contribution in [0.1, 0.15) is 32.1 Å². The van der Waals surface area contributed by atoms with Gasteiger partial charge in [0.15, 0.2) is 0 Å². The average Bonchev–Trinajstić information content (AvgIpc) is 2.72. The van der Waals surface area contributed by atoms with E-state index in [1.165, 1.54) is 9.35 Å². The molecule has 1 aromatic heterocycles. The Bertz CT molecular complexity index is 342. The van der Waals surface area contributed by atoms with E-state index in [1.54, 1.807) is 11.3 Å². The monoisotopic (exact) mass is 319 g/mol. The molecule has 17 heavy (non-hydrogen) atoms. The summed E-state index contributed by atoms with van der Waals surface area (Å²) in [5.74, 6) is 0. The highest BCUT2D eigenvalue weighted by atomic mass is 79.9. The first-order valence-electron chi connectivity index (χ1n) is 6.10. The molecule has 0 spiro atoms.